The third-order valence-electron chi connectivity index (χ3n) is 4.41. The third-order valence-corrected chi connectivity index (χ3v) is 5.89. The second-order valence-corrected chi connectivity index (χ2v) is 7.98. The highest BCUT2D eigenvalue weighted by Crippen LogP contribution is 2.20. The van der Waals surface area contributed by atoms with E-state index in [1.807, 2.05) is 42.5 Å². The van der Waals surface area contributed by atoms with E-state index in [0.717, 1.165) is 23.1 Å². The van der Waals surface area contributed by atoms with Crippen molar-refractivity contribution in [1.29, 1.82) is 0 Å². The lowest BCUT2D eigenvalue weighted by atomic mass is 10.1. The topological polar surface area (TPSA) is 46.2 Å². The molecule has 0 amide bonds. The predicted molar refractivity (Wildman–Crippen MR) is 107 cm³/mol. The average Bonchev–Trinajstić information content (AvgIpc) is 2.69. The number of nitrogens with one attached hydrogen (secondary N) is 1. The van der Waals surface area contributed by atoms with E-state index in [0.29, 0.717) is 17.9 Å². The first-order chi connectivity index (χ1) is 12.6. The zero-order valence-corrected chi connectivity index (χ0v) is 15.7. The van der Waals surface area contributed by atoms with Crippen molar-refractivity contribution < 1.29 is 8.42 Å². The highest BCUT2D eigenvalue weighted by Gasteiger charge is 2.13. The van der Waals surface area contributed by atoms with E-state index in [1.165, 1.54) is 5.56 Å². The molecular formula is C22H23NO2S. The molecule has 0 atom stereocenters. The Labute approximate surface area is 155 Å². The molecule has 0 saturated carbocycles. The van der Waals surface area contributed by atoms with E-state index in [1.54, 1.807) is 12.1 Å². The summed E-state index contributed by atoms with van der Waals surface area (Å²) in [6, 6.07) is 25.2. The molecule has 3 aromatic carbocycles. The van der Waals surface area contributed by atoms with Crippen molar-refractivity contribution in [2.75, 3.05) is 6.54 Å². The van der Waals surface area contributed by atoms with Gasteiger partial charge in [0.15, 0.2) is 0 Å². The Morgan fingerprint density at radius 3 is 1.92 bits per heavy atom. The van der Waals surface area contributed by atoms with Crippen LogP contribution in [0, 0.1) is 0 Å². The predicted octanol–water partition coefficient (Wildman–Crippen LogP) is 4.44. The summed E-state index contributed by atoms with van der Waals surface area (Å²) in [5.74, 6) is 0. The molecule has 0 aliphatic carbocycles. The number of rotatable bonds is 7. The SMILES string of the molecule is CCc1ccc(CCNS(=O)(=O)c2ccc(-c3ccccc3)cc2)cc1. The fraction of sp³-hybridized carbons (Fsp3) is 0.182. The fourth-order valence-electron chi connectivity index (χ4n) is 2.81. The van der Waals surface area contributed by atoms with Crippen molar-refractivity contribution in [2.24, 2.45) is 0 Å². The summed E-state index contributed by atoms with van der Waals surface area (Å²) in [6.07, 6.45) is 1.68. The monoisotopic (exact) mass is 365 g/mol. The van der Waals surface area contributed by atoms with E-state index in [-0.39, 0.29) is 0 Å². The van der Waals surface area contributed by atoms with Crippen molar-refractivity contribution in [3.05, 3.63) is 90.0 Å². The van der Waals surface area contributed by atoms with Crippen molar-refractivity contribution in [2.45, 2.75) is 24.7 Å². The molecule has 3 rings (SSSR count). The molecule has 0 heterocycles. The Balaban J connectivity index is 1.62. The molecule has 134 valence electrons. The van der Waals surface area contributed by atoms with Crippen LogP contribution >= 0.6 is 0 Å². The average molecular weight is 365 g/mol. The Morgan fingerprint density at radius 2 is 1.31 bits per heavy atom. The molecule has 3 nitrogen and oxygen atoms in total. The van der Waals surface area contributed by atoms with Crippen LogP contribution in [0.3, 0.4) is 0 Å². The van der Waals surface area contributed by atoms with Crippen LogP contribution in [0.25, 0.3) is 11.1 Å². The number of hydrogen-bond acceptors (Lipinski definition) is 2. The van der Waals surface area contributed by atoms with E-state index < -0.39 is 10.0 Å². The number of aryl methyl sites for hydroxylation is 1. The highest BCUT2D eigenvalue weighted by atomic mass is 32.2. The van der Waals surface area contributed by atoms with Gasteiger partial charge in [-0.3, -0.25) is 0 Å². The Bertz CT molecular complexity index is 932. The molecule has 4 heteroatoms. The van der Waals surface area contributed by atoms with Crippen LogP contribution in [0.15, 0.2) is 83.8 Å². The van der Waals surface area contributed by atoms with Gasteiger partial charge in [0.05, 0.1) is 4.90 Å². The first-order valence-electron chi connectivity index (χ1n) is 8.81. The standard InChI is InChI=1S/C22H23NO2S/c1-2-18-8-10-19(11-9-18)16-17-23-26(24,25)22-14-12-21(13-15-22)20-6-4-3-5-7-20/h3-15,23H,2,16-17H2,1H3. The minimum Gasteiger partial charge on any atom is -0.211 e. The van der Waals surface area contributed by atoms with E-state index >= 15 is 0 Å². The summed E-state index contributed by atoms with van der Waals surface area (Å²) in [6.45, 7) is 2.50. The van der Waals surface area contributed by atoms with Gasteiger partial charge < -0.3 is 0 Å². The van der Waals surface area contributed by atoms with Gasteiger partial charge in [-0.05, 0) is 47.2 Å². The van der Waals surface area contributed by atoms with Crippen LogP contribution in [-0.4, -0.2) is 15.0 Å². The molecule has 3 aromatic rings. The lowest BCUT2D eigenvalue weighted by Crippen LogP contribution is -2.25. The smallest absolute Gasteiger partial charge is 0.211 e. The maximum absolute atomic E-state index is 12.5. The van der Waals surface area contributed by atoms with Gasteiger partial charge in [0, 0.05) is 6.54 Å². The van der Waals surface area contributed by atoms with Crippen molar-refractivity contribution >= 4 is 10.0 Å². The lowest BCUT2D eigenvalue weighted by Gasteiger charge is -2.08. The van der Waals surface area contributed by atoms with Gasteiger partial charge in [0.2, 0.25) is 10.0 Å². The van der Waals surface area contributed by atoms with Crippen molar-refractivity contribution in [3.8, 4) is 11.1 Å². The molecule has 0 radical (unpaired) electrons. The Kier molecular flexibility index (Phi) is 5.86. The van der Waals surface area contributed by atoms with Gasteiger partial charge in [-0.2, -0.15) is 0 Å². The molecule has 0 spiro atoms. The van der Waals surface area contributed by atoms with Crippen molar-refractivity contribution in [3.63, 3.8) is 0 Å². The molecule has 0 fully saturated rings. The van der Waals surface area contributed by atoms with Crippen LogP contribution in [0.5, 0.6) is 0 Å². The maximum atomic E-state index is 12.5. The lowest BCUT2D eigenvalue weighted by molar-refractivity contribution is 0.581. The first kappa shape index (κ1) is 18.4. The summed E-state index contributed by atoms with van der Waals surface area (Å²) in [7, 11) is -3.49. The molecule has 0 aliphatic heterocycles. The minimum absolute atomic E-state index is 0.290. The second-order valence-electron chi connectivity index (χ2n) is 6.21. The van der Waals surface area contributed by atoms with E-state index in [9.17, 15) is 8.42 Å². The highest BCUT2D eigenvalue weighted by molar-refractivity contribution is 7.89. The zero-order chi connectivity index (χ0) is 18.4. The Morgan fingerprint density at radius 1 is 0.731 bits per heavy atom. The summed E-state index contributed by atoms with van der Waals surface area (Å²) in [5.41, 5.74) is 4.48. The summed E-state index contributed by atoms with van der Waals surface area (Å²) in [5, 5.41) is 0. The summed E-state index contributed by atoms with van der Waals surface area (Å²) in [4.78, 5) is 0.290. The second kappa shape index (κ2) is 8.30. The zero-order valence-electron chi connectivity index (χ0n) is 14.9. The molecule has 0 saturated heterocycles. The number of sulfonamides is 1. The van der Waals surface area contributed by atoms with Gasteiger partial charge in [-0.1, -0.05) is 73.7 Å². The van der Waals surface area contributed by atoms with Crippen LogP contribution < -0.4 is 4.72 Å². The Hall–Kier alpha value is -2.43. The first-order valence-corrected chi connectivity index (χ1v) is 10.3. The van der Waals surface area contributed by atoms with E-state index in [2.05, 4.69) is 35.9 Å². The molecular weight excluding hydrogens is 342 g/mol. The quantitative estimate of drug-likeness (QED) is 0.673. The number of hydrogen-bond donors (Lipinski definition) is 1. The summed E-state index contributed by atoms with van der Waals surface area (Å²) >= 11 is 0. The van der Waals surface area contributed by atoms with Gasteiger partial charge in [0.1, 0.15) is 0 Å². The van der Waals surface area contributed by atoms with Gasteiger partial charge in [-0.15, -0.1) is 0 Å². The normalized spacial score (nSPS) is 11.4. The van der Waals surface area contributed by atoms with Gasteiger partial charge in [0.25, 0.3) is 0 Å². The maximum Gasteiger partial charge on any atom is 0.240 e. The van der Waals surface area contributed by atoms with Crippen LogP contribution in [-0.2, 0) is 22.9 Å². The van der Waals surface area contributed by atoms with E-state index in [4.69, 9.17) is 0 Å². The largest absolute Gasteiger partial charge is 0.240 e. The fourth-order valence-corrected chi connectivity index (χ4v) is 3.84. The molecule has 26 heavy (non-hydrogen) atoms. The molecule has 0 aromatic heterocycles. The molecule has 0 aliphatic rings. The van der Waals surface area contributed by atoms with Gasteiger partial charge in [-0.25, -0.2) is 13.1 Å². The van der Waals surface area contributed by atoms with Crippen LogP contribution in [0.1, 0.15) is 18.1 Å². The number of benzene rings is 3. The minimum atomic E-state index is -3.49. The van der Waals surface area contributed by atoms with Crippen molar-refractivity contribution in [1.82, 2.24) is 4.72 Å². The molecule has 0 bridgehead atoms. The van der Waals surface area contributed by atoms with Crippen LogP contribution in [0.4, 0.5) is 0 Å². The third kappa shape index (κ3) is 4.59. The molecule has 1 N–H and O–H groups in total. The van der Waals surface area contributed by atoms with Crippen LogP contribution in [0.2, 0.25) is 0 Å². The molecule has 0 unspecified atom stereocenters. The summed E-state index contributed by atoms with van der Waals surface area (Å²) < 4.78 is 27.6. The van der Waals surface area contributed by atoms with Gasteiger partial charge >= 0.3 is 0 Å².